The summed E-state index contributed by atoms with van der Waals surface area (Å²) >= 11 is 0. The van der Waals surface area contributed by atoms with Crippen molar-refractivity contribution in [3.63, 3.8) is 0 Å². The third-order valence-electron chi connectivity index (χ3n) is 3.28. The molecular weight excluding hydrogens is 271 g/mol. The highest BCUT2D eigenvalue weighted by Crippen LogP contribution is 2.21. The molecule has 0 amide bonds. The van der Waals surface area contributed by atoms with E-state index in [0.717, 1.165) is 0 Å². The molecular formula is C12H17FN2O3S. The second-order valence-electron chi connectivity index (χ2n) is 4.61. The van der Waals surface area contributed by atoms with Crippen LogP contribution < -0.4 is 4.72 Å². The maximum absolute atomic E-state index is 13.4. The van der Waals surface area contributed by atoms with Crippen LogP contribution in [-0.4, -0.2) is 37.5 Å². The fourth-order valence-corrected chi connectivity index (χ4v) is 3.34. The van der Waals surface area contributed by atoms with Crippen molar-refractivity contribution in [3.05, 3.63) is 30.1 Å². The summed E-state index contributed by atoms with van der Waals surface area (Å²) in [5.41, 5.74) is -0.0493. The summed E-state index contributed by atoms with van der Waals surface area (Å²) in [6, 6.07) is 5.65. The van der Waals surface area contributed by atoms with Gasteiger partial charge < -0.3 is 5.11 Å². The zero-order chi connectivity index (χ0) is 13.9. The van der Waals surface area contributed by atoms with Crippen molar-refractivity contribution in [1.82, 2.24) is 4.31 Å². The number of nitrogens with zero attached hydrogens (tertiary/aromatic N) is 1. The van der Waals surface area contributed by atoms with Gasteiger partial charge in [0.05, 0.1) is 5.69 Å². The number of benzene rings is 1. The number of hydrogen-bond donors (Lipinski definition) is 2. The number of rotatable bonds is 4. The van der Waals surface area contributed by atoms with Gasteiger partial charge in [0.2, 0.25) is 0 Å². The summed E-state index contributed by atoms with van der Waals surface area (Å²) in [6.07, 6.45) is 1.24. The lowest BCUT2D eigenvalue weighted by Gasteiger charge is -2.30. The Balaban J connectivity index is 2.05. The third kappa shape index (κ3) is 3.43. The second-order valence-corrected chi connectivity index (χ2v) is 6.28. The Hall–Kier alpha value is -1.18. The van der Waals surface area contributed by atoms with Gasteiger partial charge >= 0.3 is 10.2 Å². The van der Waals surface area contributed by atoms with Crippen LogP contribution in [0, 0.1) is 11.7 Å². The zero-order valence-electron chi connectivity index (χ0n) is 10.4. The minimum atomic E-state index is -3.73. The van der Waals surface area contributed by atoms with E-state index in [1.807, 2.05) is 0 Å². The number of para-hydroxylation sites is 1. The van der Waals surface area contributed by atoms with Crippen LogP contribution in [0.2, 0.25) is 0 Å². The SMILES string of the molecule is O=S(=O)(Nc1ccccc1F)N1CCC(CO)CC1. The predicted molar refractivity (Wildman–Crippen MR) is 70.3 cm³/mol. The quantitative estimate of drug-likeness (QED) is 0.874. The molecule has 1 aromatic rings. The minimum absolute atomic E-state index is 0.0493. The summed E-state index contributed by atoms with van der Waals surface area (Å²) in [7, 11) is -3.73. The average molecular weight is 288 g/mol. The van der Waals surface area contributed by atoms with Crippen molar-refractivity contribution in [3.8, 4) is 0 Å². The molecule has 1 aliphatic heterocycles. The van der Waals surface area contributed by atoms with E-state index < -0.39 is 16.0 Å². The molecule has 0 aromatic heterocycles. The largest absolute Gasteiger partial charge is 0.396 e. The topological polar surface area (TPSA) is 69.6 Å². The van der Waals surface area contributed by atoms with Gasteiger partial charge in [-0.2, -0.15) is 12.7 Å². The molecule has 0 spiro atoms. The van der Waals surface area contributed by atoms with Crippen molar-refractivity contribution in [2.75, 3.05) is 24.4 Å². The van der Waals surface area contributed by atoms with Gasteiger partial charge in [0, 0.05) is 19.7 Å². The Morgan fingerprint density at radius 3 is 2.53 bits per heavy atom. The lowest BCUT2D eigenvalue weighted by molar-refractivity contribution is 0.170. The lowest BCUT2D eigenvalue weighted by Crippen LogP contribution is -2.42. The molecule has 7 heteroatoms. The van der Waals surface area contributed by atoms with Crippen LogP contribution in [0.3, 0.4) is 0 Å². The van der Waals surface area contributed by atoms with Gasteiger partial charge in [-0.25, -0.2) is 4.39 Å². The van der Waals surface area contributed by atoms with E-state index in [9.17, 15) is 12.8 Å². The lowest BCUT2D eigenvalue weighted by atomic mass is 10.00. The molecule has 106 valence electrons. The molecule has 0 aliphatic carbocycles. The van der Waals surface area contributed by atoms with Crippen LogP contribution in [0.15, 0.2) is 24.3 Å². The van der Waals surface area contributed by atoms with E-state index in [1.165, 1.54) is 22.5 Å². The molecule has 0 unspecified atom stereocenters. The number of aliphatic hydroxyl groups is 1. The Labute approximate surface area is 112 Å². The fraction of sp³-hybridized carbons (Fsp3) is 0.500. The standard InChI is InChI=1S/C12H17FN2O3S/c13-11-3-1-2-4-12(11)14-19(17,18)15-7-5-10(9-16)6-8-15/h1-4,10,14,16H,5-9H2. The maximum Gasteiger partial charge on any atom is 0.301 e. The van der Waals surface area contributed by atoms with Gasteiger partial charge in [0.1, 0.15) is 5.82 Å². The summed E-state index contributed by atoms with van der Waals surface area (Å²) < 4.78 is 41.1. The number of nitrogens with one attached hydrogen (secondary N) is 1. The Bertz CT molecular complexity index is 528. The molecule has 0 radical (unpaired) electrons. The summed E-state index contributed by atoms with van der Waals surface area (Å²) in [5, 5.41) is 9.02. The van der Waals surface area contributed by atoms with E-state index in [-0.39, 0.29) is 18.2 Å². The average Bonchev–Trinajstić information content (AvgIpc) is 2.41. The monoisotopic (exact) mass is 288 g/mol. The highest BCUT2D eigenvalue weighted by molar-refractivity contribution is 7.90. The highest BCUT2D eigenvalue weighted by Gasteiger charge is 2.28. The maximum atomic E-state index is 13.4. The fourth-order valence-electron chi connectivity index (χ4n) is 2.08. The molecule has 2 rings (SSSR count). The van der Waals surface area contributed by atoms with Crippen LogP contribution in [-0.2, 0) is 10.2 Å². The van der Waals surface area contributed by atoms with Crippen LogP contribution in [0.1, 0.15) is 12.8 Å². The first-order valence-electron chi connectivity index (χ1n) is 6.16. The van der Waals surface area contributed by atoms with Crippen LogP contribution in [0.5, 0.6) is 0 Å². The van der Waals surface area contributed by atoms with E-state index in [1.54, 1.807) is 6.07 Å². The van der Waals surface area contributed by atoms with E-state index in [2.05, 4.69) is 4.72 Å². The molecule has 1 heterocycles. The van der Waals surface area contributed by atoms with Crippen molar-refractivity contribution < 1.29 is 17.9 Å². The van der Waals surface area contributed by atoms with Gasteiger partial charge in [-0.3, -0.25) is 4.72 Å². The second kappa shape index (κ2) is 5.85. The highest BCUT2D eigenvalue weighted by atomic mass is 32.2. The number of anilines is 1. The molecule has 1 aliphatic rings. The molecule has 1 fully saturated rings. The Kier molecular flexibility index (Phi) is 4.38. The van der Waals surface area contributed by atoms with Crippen LogP contribution >= 0.6 is 0 Å². The summed E-state index contributed by atoms with van der Waals surface area (Å²) in [4.78, 5) is 0. The minimum Gasteiger partial charge on any atom is -0.396 e. The predicted octanol–water partition coefficient (Wildman–Crippen LogP) is 1.19. The Morgan fingerprint density at radius 1 is 1.32 bits per heavy atom. The molecule has 1 aromatic carbocycles. The van der Waals surface area contributed by atoms with Crippen molar-refractivity contribution in [2.24, 2.45) is 5.92 Å². The van der Waals surface area contributed by atoms with Gasteiger partial charge in [-0.1, -0.05) is 12.1 Å². The first kappa shape index (κ1) is 14.2. The molecule has 2 N–H and O–H groups in total. The van der Waals surface area contributed by atoms with E-state index in [0.29, 0.717) is 25.9 Å². The first-order chi connectivity index (χ1) is 9.03. The van der Waals surface area contributed by atoms with Crippen molar-refractivity contribution in [1.29, 1.82) is 0 Å². The third-order valence-corrected chi connectivity index (χ3v) is 4.81. The number of piperidine rings is 1. The summed E-state index contributed by atoms with van der Waals surface area (Å²) in [5.74, 6) is -0.448. The van der Waals surface area contributed by atoms with Gasteiger partial charge in [-0.05, 0) is 30.9 Å². The van der Waals surface area contributed by atoms with E-state index in [4.69, 9.17) is 5.11 Å². The first-order valence-corrected chi connectivity index (χ1v) is 7.60. The number of aliphatic hydroxyl groups excluding tert-OH is 1. The number of halogens is 1. The van der Waals surface area contributed by atoms with Crippen molar-refractivity contribution in [2.45, 2.75) is 12.8 Å². The van der Waals surface area contributed by atoms with Gasteiger partial charge in [0.15, 0.2) is 0 Å². The zero-order valence-corrected chi connectivity index (χ0v) is 11.2. The smallest absolute Gasteiger partial charge is 0.301 e. The molecule has 0 bridgehead atoms. The van der Waals surface area contributed by atoms with Gasteiger partial charge in [0.25, 0.3) is 0 Å². The van der Waals surface area contributed by atoms with E-state index >= 15 is 0 Å². The normalized spacial score (nSPS) is 18.4. The van der Waals surface area contributed by atoms with Gasteiger partial charge in [-0.15, -0.1) is 0 Å². The Morgan fingerprint density at radius 2 is 1.95 bits per heavy atom. The van der Waals surface area contributed by atoms with Crippen molar-refractivity contribution >= 4 is 15.9 Å². The molecule has 5 nitrogen and oxygen atoms in total. The molecule has 0 atom stereocenters. The van der Waals surface area contributed by atoms with Crippen LogP contribution in [0.25, 0.3) is 0 Å². The number of hydrogen-bond acceptors (Lipinski definition) is 3. The molecule has 0 saturated carbocycles. The molecule has 1 saturated heterocycles. The summed E-state index contributed by atoms with van der Waals surface area (Å²) in [6.45, 7) is 0.763. The molecule has 19 heavy (non-hydrogen) atoms. The van der Waals surface area contributed by atoms with Crippen LogP contribution in [0.4, 0.5) is 10.1 Å².